The summed E-state index contributed by atoms with van der Waals surface area (Å²) in [5.41, 5.74) is 0. The van der Waals surface area contributed by atoms with Gasteiger partial charge >= 0.3 is 0 Å². The molecule has 0 spiro atoms. The Morgan fingerprint density at radius 2 is 1.12 bits per heavy atom. The van der Waals surface area contributed by atoms with Crippen LogP contribution < -0.4 is 0 Å². The zero-order valence-electron chi connectivity index (χ0n) is 5.88. The van der Waals surface area contributed by atoms with Crippen LogP contribution in [0.3, 0.4) is 0 Å². The molecular weight excluding hydrogens is 162 g/mol. The molecule has 0 aliphatic heterocycles. The fourth-order valence-electron chi connectivity index (χ4n) is 0.671. The first-order chi connectivity index (χ1) is 3.35. The third-order valence-corrected chi connectivity index (χ3v) is 4.02. The first kappa shape index (κ1) is 11.7. The summed E-state index contributed by atoms with van der Waals surface area (Å²) in [6.07, 6.45) is 4.26. The van der Waals surface area contributed by atoms with Gasteiger partial charge in [-0.25, -0.2) is 0 Å². The van der Waals surface area contributed by atoms with Crippen molar-refractivity contribution >= 4 is 7.92 Å². The van der Waals surface area contributed by atoms with Crippen LogP contribution in [0.5, 0.6) is 0 Å². The molecule has 0 atom stereocenters. The van der Waals surface area contributed by atoms with E-state index in [-0.39, 0.29) is 16.5 Å². The fourth-order valence-corrected chi connectivity index (χ4v) is 2.01. The van der Waals surface area contributed by atoms with Gasteiger partial charge in [0.15, 0.2) is 0 Å². The molecule has 0 saturated carbocycles. The molecule has 0 rings (SSSR count). The van der Waals surface area contributed by atoms with Crippen LogP contribution in [0.4, 0.5) is 0 Å². The summed E-state index contributed by atoms with van der Waals surface area (Å²) >= 11 is 0. The molecule has 0 radical (unpaired) electrons. The summed E-state index contributed by atoms with van der Waals surface area (Å²) in [4.78, 5) is 0. The molecule has 0 nitrogen and oxygen atoms in total. The Balaban J connectivity index is 0. The van der Waals surface area contributed by atoms with Gasteiger partial charge in [0.05, 0.1) is 0 Å². The number of hydrogen-bond donors (Lipinski definition) is 0. The Labute approximate surface area is 64.1 Å². The predicted molar refractivity (Wildman–Crippen MR) is 38.5 cm³/mol. The van der Waals surface area contributed by atoms with E-state index < -0.39 is 0 Å². The van der Waals surface area contributed by atoms with Crippen molar-refractivity contribution in [3.63, 3.8) is 0 Å². The van der Waals surface area contributed by atoms with Gasteiger partial charge in [-0.15, -0.1) is 7.92 Å². The van der Waals surface area contributed by atoms with Crippen LogP contribution in [0, 0.1) is 0 Å². The van der Waals surface area contributed by atoms with Gasteiger partial charge in [0.1, 0.15) is 0 Å². The molecule has 0 aliphatic rings. The quantitative estimate of drug-likeness (QED) is 0.458. The van der Waals surface area contributed by atoms with Crippen molar-refractivity contribution in [1.82, 2.24) is 0 Å². The van der Waals surface area contributed by atoms with Crippen LogP contribution in [0.1, 0.15) is 20.8 Å². The van der Waals surface area contributed by atoms with Gasteiger partial charge in [-0.05, 0) is 18.5 Å². The molecule has 2 heteroatoms. The topological polar surface area (TPSA) is 0 Å². The minimum atomic E-state index is 0. The average Bonchev–Trinajstić information content (AvgIpc) is 1.72. The van der Waals surface area contributed by atoms with Gasteiger partial charge in [0.25, 0.3) is 0 Å². The third-order valence-electron chi connectivity index (χ3n) is 1.34. The van der Waals surface area contributed by atoms with Crippen molar-refractivity contribution in [3.8, 4) is 0 Å². The molecule has 0 heterocycles. The zero-order chi connectivity index (χ0) is 5.70. The maximum absolute atomic E-state index is 2.29. The minimum absolute atomic E-state index is 0. The van der Waals surface area contributed by atoms with E-state index in [1.54, 1.807) is 0 Å². The van der Waals surface area contributed by atoms with Crippen molar-refractivity contribution in [2.45, 2.75) is 20.8 Å². The molecule has 0 aromatic rings. The van der Waals surface area contributed by atoms with Crippen molar-refractivity contribution in [2.24, 2.45) is 0 Å². The van der Waals surface area contributed by atoms with Crippen LogP contribution in [-0.2, 0) is 16.5 Å². The van der Waals surface area contributed by atoms with Gasteiger partial charge in [0.2, 0.25) is 0 Å². The second-order valence-electron chi connectivity index (χ2n) is 1.62. The van der Waals surface area contributed by atoms with Gasteiger partial charge in [0, 0.05) is 16.5 Å². The molecule has 0 N–H and O–H groups in total. The number of hydrogen-bond acceptors (Lipinski definition) is 0. The molecule has 0 aliphatic carbocycles. The Morgan fingerprint density at radius 3 is 1.12 bits per heavy atom. The third kappa shape index (κ3) is 5.07. The van der Waals surface area contributed by atoms with E-state index in [0.29, 0.717) is 7.92 Å². The maximum atomic E-state index is 2.29. The average molecular weight is 177 g/mol. The SMILES string of the molecule is CCP(CC)CC.[Ni]. The fraction of sp³-hybridized carbons (Fsp3) is 1.00. The molecule has 8 heavy (non-hydrogen) atoms. The molecule has 0 unspecified atom stereocenters. The number of rotatable bonds is 3. The van der Waals surface area contributed by atoms with Crippen LogP contribution in [0.15, 0.2) is 0 Å². The smallest absolute Gasteiger partial charge is 0 e. The van der Waals surface area contributed by atoms with Crippen LogP contribution in [-0.4, -0.2) is 18.5 Å². The Morgan fingerprint density at radius 1 is 0.875 bits per heavy atom. The van der Waals surface area contributed by atoms with E-state index in [0.717, 1.165) is 0 Å². The first-order valence-corrected chi connectivity index (χ1v) is 4.97. The standard InChI is InChI=1S/C6H15P.Ni/c1-4-7(5-2)6-3;/h4-6H2,1-3H3;. The summed E-state index contributed by atoms with van der Waals surface area (Å²) in [5.74, 6) is 0. The summed E-state index contributed by atoms with van der Waals surface area (Å²) in [5, 5.41) is 0. The summed E-state index contributed by atoms with van der Waals surface area (Å²) in [7, 11) is 0.446. The molecule has 0 aromatic carbocycles. The Bertz CT molecular complexity index is 30.0. The summed E-state index contributed by atoms with van der Waals surface area (Å²) < 4.78 is 0. The van der Waals surface area contributed by atoms with Gasteiger partial charge in [-0.3, -0.25) is 0 Å². The van der Waals surface area contributed by atoms with E-state index >= 15 is 0 Å². The van der Waals surface area contributed by atoms with E-state index in [9.17, 15) is 0 Å². The second-order valence-corrected chi connectivity index (χ2v) is 4.86. The van der Waals surface area contributed by atoms with Crippen molar-refractivity contribution < 1.29 is 16.5 Å². The van der Waals surface area contributed by atoms with Crippen LogP contribution >= 0.6 is 7.92 Å². The van der Waals surface area contributed by atoms with E-state index in [2.05, 4.69) is 20.8 Å². The predicted octanol–water partition coefficient (Wildman–Crippen LogP) is 2.53. The molecule has 0 bridgehead atoms. The molecule has 0 aromatic heterocycles. The molecule has 0 saturated heterocycles. The van der Waals surface area contributed by atoms with Gasteiger partial charge in [-0.1, -0.05) is 20.8 Å². The second kappa shape index (κ2) is 7.92. The normalized spacial score (nSPS) is 9.00. The van der Waals surface area contributed by atoms with E-state index in [1.165, 1.54) is 18.5 Å². The molecule has 0 amide bonds. The monoisotopic (exact) mass is 176 g/mol. The summed E-state index contributed by atoms with van der Waals surface area (Å²) in [6.45, 7) is 6.87. The minimum Gasteiger partial charge on any atom is -0.108 e. The van der Waals surface area contributed by atoms with Crippen molar-refractivity contribution in [2.75, 3.05) is 18.5 Å². The Kier molecular flexibility index (Phi) is 11.6. The van der Waals surface area contributed by atoms with Crippen molar-refractivity contribution in [3.05, 3.63) is 0 Å². The van der Waals surface area contributed by atoms with Gasteiger partial charge in [-0.2, -0.15) is 0 Å². The van der Waals surface area contributed by atoms with Gasteiger partial charge < -0.3 is 0 Å². The molecular formula is C6H15NiP. The van der Waals surface area contributed by atoms with Crippen LogP contribution in [0.2, 0.25) is 0 Å². The zero-order valence-corrected chi connectivity index (χ0v) is 7.77. The van der Waals surface area contributed by atoms with E-state index in [1.807, 2.05) is 0 Å². The van der Waals surface area contributed by atoms with Crippen LogP contribution in [0.25, 0.3) is 0 Å². The van der Waals surface area contributed by atoms with E-state index in [4.69, 9.17) is 0 Å². The van der Waals surface area contributed by atoms with Crippen molar-refractivity contribution in [1.29, 1.82) is 0 Å². The Hall–Kier alpha value is 0.924. The molecule has 0 fully saturated rings. The maximum Gasteiger partial charge on any atom is 0 e. The largest absolute Gasteiger partial charge is 0.108 e. The summed E-state index contributed by atoms with van der Waals surface area (Å²) in [6, 6.07) is 0. The molecule has 54 valence electrons. The first-order valence-electron chi connectivity index (χ1n) is 3.07.